The maximum absolute atomic E-state index is 10.3. The van der Waals surface area contributed by atoms with Gasteiger partial charge in [-0.3, -0.25) is 0 Å². The van der Waals surface area contributed by atoms with Crippen molar-refractivity contribution >= 4 is 27.0 Å². The smallest absolute Gasteiger partial charge is 0.322 e. The van der Waals surface area contributed by atoms with Crippen LogP contribution in [0.3, 0.4) is 0 Å². The Morgan fingerprint density at radius 3 is 2.11 bits per heavy atom. The predicted octanol–water partition coefficient (Wildman–Crippen LogP) is 4.45. The third-order valence-electron chi connectivity index (χ3n) is 1.62. The van der Waals surface area contributed by atoms with Crippen LogP contribution >= 0.6 is 27.0 Å². The Hall–Kier alpha value is -0.0800. The Morgan fingerprint density at radius 1 is 1.22 bits per heavy atom. The fraction of sp³-hybridized carbons (Fsp3) is 0.455. The summed E-state index contributed by atoms with van der Waals surface area (Å²) in [5.74, 6) is 0. The molecule has 1 aromatic carbocycles. The highest BCUT2D eigenvalue weighted by Gasteiger charge is 2.09. The van der Waals surface area contributed by atoms with Gasteiger partial charge in [-0.25, -0.2) is 0 Å². The summed E-state index contributed by atoms with van der Waals surface area (Å²) in [7, 11) is -3.14. The van der Waals surface area contributed by atoms with Gasteiger partial charge in [0.25, 0.3) is 7.73 Å². The SMILES string of the molecule is CCOP(Cl)OCC.O=[P+](O)Cc1ccccc1. The first-order valence-corrected chi connectivity index (χ1v) is 8.97. The molecule has 1 aromatic rings. The lowest BCUT2D eigenvalue weighted by Gasteiger charge is -2.04. The lowest BCUT2D eigenvalue weighted by atomic mass is 10.2. The van der Waals surface area contributed by atoms with E-state index in [2.05, 4.69) is 0 Å². The van der Waals surface area contributed by atoms with Crippen LogP contribution in [0.5, 0.6) is 0 Å². The molecule has 1 unspecified atom stereocenters. The van der Waals surface area contributed by atoms with E-state index in [0.717, 1.165) is 5.56 Å². The van der Waals surface area contributed by atoms with E-state index in [1.807, 2.05) is 44.2 Å². The highest BCUT2D eigenvalue weighted by atomic mass is 35.7. The lowest BCUT2D eigenvalue weighted by Crippen LogP contribution is -1.83. The highest BCUT2D eigenvalue weighted by molar-refractivity contribution is 7.76. The van der Waals surface area contributed by atoms with Crippen molar-refractivity contribution in [1.82, 2.24) is 0 Å². The number of hydrogen-bond acceptors (Lipinski definition) is 3. The molecule has 4 nitrogen and oxygen atoms in total. The minimum absolute atomic E-state index is 0.260. The van der Waals surface area contributed by atoms with Gasteiger partial charge in [-0.15, -0.1) is 0 Å². The van der Waals surface area contributed by atoms with Gasteiger partial charge in [0, 0.05) is 5.56 Å². The molecule has 0 amide bonds. The summed E-state index contributed by atoms with van der Waals surface area (Å²) in [4.78, 5) is 8.52. The van der Waals surface area contributed by atoms with Crippen LogP contribution in [0.25, 0.3) is 0 Å². The molecule has 0 aromatic heterocycles. The molecule has 0 heterocycles. The van der Waals surface area contributed by atoms with Gasteiger partial charge in [0.2, 0.25) is 6.16 Å². The summed E-state index contributed by atoms with van der Waals surface area (Å²) < 4.78 is 20.1. The van der Waals surface area contributed by atoms with E-state index in [4.69, 9.17) is 25.2 Å². The van der Waals surface area contributed by atoms with Crippen molar-refractivity contribution in [2.75, 3.05) is 13.2 Å². The topological polar surface area (TPSA) is 55.8 Å². The second-order valence-corrected chi connectivity index (χ2v) is 5.83. The zero-order valence-corrected chi connectivity index (χ0v) is 13.0. The van der Waals surface area contributed by atoms with Crippen LogP contribution in [-0.4, -0.2) is 18.1 Å². The summed E-state index contributed by atoms with van der Waals surface area (Å²) in [5, 5.41) is 0. The van der Waals surface area contributed by atoms with Gasteiger partial charge in [0.05, 0.1) is 13.2 Å². The molecule has 0 fully saturated rings. The van der Waals surface area contributed by atoms with Crippen LogP contribution < -0.4 is 0 Å². The summed E-state index contributed by atoms with van der Waals surface area (Å²) in [6.07, 6.45) is 0.260. The largest absolute Gasteiger partial charge is 0.510 e. The van der Waals surface area contributed by atoms with Crippen molar-refractivity contribution in [3.05, 3.63) is 35.9 Å². The van der Waals surface area contributed by atoms with E-state index in [9.17, 15) is 4.57 Å². The molecule has 102 valence electrons. The molecule has 18 heavy (non-hydrogen) atoms. The van der Waals surface area contributed by atoms with Crippen LogP contribution in [-0.2, 0) is 19.8 Å². The molecular weight excluding hydrogens is 294 g/mol. The molecule has 0 saturated heterocycles. The molecule has 0 radical (unpaired) electrons. The zero-order chi connectivity index (χ0) is 13.8. The Kier molecular flexibility index (Phi) is 11.9. The average Bonchev–Trinajstić information content (AvgIpc) is 2.31. The molecule has 7 heteroatoms. The van der Waals surface area contributed by atoms with Crippen molar-refractivity contribution in [1.29, 1.82) is 0 Å². The maximum Gasteiger partial charge on any atom is 0.510 e. The van der Waals surface area contributed by atoms with Crippen molar-refractivity contribution in [2.24, 2.45) is 0 Å². The average molecular weight is 312 g/mol. The van der Waals surface area contributed by atoms with Crippen LogP contribution in [0.4, 0.5) is 0 Å². The molecule has 0 spiro atoms. The predicted molar refractivity (Wildman–Crippen MR) is 76.0 cm³/mol. The molecule has 0 aliphatic carbocycles. The number of benzene rings is 1. The fourth-order valence-electron chi connectivity index (χ4n) is 0.980. The Labute approximate surface area is 115 Å². The second kappa shape index (κ2) is 12.0. The fourth-order valence-corrected chi connectivity index (χ4v) is 2.57. The molecular formula is C11H18ClO4P2+. The third-order valence-corrected chi connectivity index (χ3v) is 3.77. The Bertz CT molecular complexity index is 318. The standard InChI is InChI=1S/C7H7O2P.C4H10ClO2P/c8-10(9)6-7-4-2-1-3-5-7;1-3-6-8(5)7-4-2/h1-5H,6H2;3-4H2,1-2H3/p+1. The second-order valence-electron chi connectivity index (χ2n) is 3.04. The first kappa shape index (κ1) is 17.9. The highest BCUT2D eigenvalue weighted by Crippen LogP contribution is 2.42. The molecule has 0 saturated carbocycles. The van der Waals surface area contributed by atoms with Crippen LogP contribution in [0.2, 0.25) is 0 Å². The first-order chi connectivity index (χ1) is 8.60. The first-order valence-electron chi connectivity index (χ1n) is 5.49. The Morgan fingerprint density at radius 2 is 1.72 bits per heavy atom. The lowest BCUT2D eigenvalue weighted by molar-refractivity contribution is 0.282. The summed E-state index contributed by atoms with van der Waals surface area (Å²) in [6, 6.07) is 9.27. The molecule has 0 aliphatic rings. The summed E-state index contributed by atoms with van der Waals surface area (Å²) in [5.41, 5.74) is 0.908. The van der Waals surface area contributed by atoms with E-state index in [1.54, 1.807) is 0 Å². The quantitative estimate of drug-likeness (QED) is 0.789. The van der Waals surface area contributed by atoms with Crippen LogP contribution in [0, 0.1) is 0 Å². The molecule has 1 rings (SSSR count). The van der Waals surface area contributed by atoms with Crippen LogP contribution in [0.1, 0.15) is 19.4 Å². The molecule has 1 atom stereocenters. The van der Waals surface area contributed by atoms with Crippen molar-refractivity contribution in [2.45, 2.75) is 20.0 Å². The number of rotatable bonds is 6. The van der Waals surface area contributed by atoms with E-state index in [-0.39, 0.29) is 6.16 Å². The van der Waals surface area contributed by atoms with Gasteiger partial charge in [-0.05, 0) is 29.7 Å². The maximum atomic E-state index is 10.3. The zero-order valence-electron chi connectivity index (χ0n) is 10.5. The third kappa shape index (κ3) is 11.0. The summed E-state index contributed by atoms with van der Waals surface area (Å²) >= 11 is 5.50. The van der Waals surface area contributed by atoms with E-state index < -0.39 is 15.8 Å². The van der Waals surface area contributed by atoms with Gasteiger partial charge in [-0.2, -0.15) is 4.89 Å². The monoisotopic (exact) mass is 311 g/mol. The van der Waals surface area contributed by atoms with Gasteiger partial charge in [0.1, 0.15) is 0 Å². The van der Waals surface area contributed by atoms with Gasteiger partial charge in [0.15, 0.2) is 0 Å². The van der Waals surface area contributed by atoms with Gasteiger partial charge >= 0.3 is 8.03 Å². The van der Waals surface area contributed by atoms with E-state index in [0.29, 0.717) is 13.2 Å². The van der Waals surface area contributed by atoms with Gasteiger partial charge in [-0.1, -0.05) is 30.3 Å². The number of halogens is 1. The molecule has 0 bridgehead atoms. The molecule has 1 N–H and O–H groups in total. The summed E-state index contributed by atoms with van der Waals surface area (Å²) in [6.45, 7) is 5.01. The Balaban J connectivity index is 0.000000331. The van der Waals surface area contributed by atoms with Gasteiger partial charge < -0.3 is 9.05 Å². The van der Waals surface area contributed by atoms with E-state index in [1.165, 1.54) is 0 Å². The normalized spacial score (nSPS) is 10.8. The van der Waals surface area contributed by atoms with Crippen LogP contribution in [0.15, 0.2) is 30.3 Å². The number of hydrogen-bond donors (Lipinski definition) is 1. The van der Waals surface area contributed by atoms with Crippen molar-refractivity contribution < 1.29 is 18.5 Å². The minimum atomic E-state index is -2.03. The van der Waals surface area contributed by atoms with E-state index >= 15 is 0 Å². The van der Waals surface area contributed by atoms with Crippen molar-refractivity contribution in [3.8, 4) is 0 Å². The van der Waals surface area contributed by atoms with Crippen molar-refractivity contribution in [3.63, 3.8) is 0 Å². The molecule has 0 aliphatic heterocycles. The minimum Gasteiger partial charge on any atom is -0.322 e.